The van der Waals surface area contributed by atoms with Crippen LogP contribution in [0.15, 0.2) is 81.0 Å². The van der Waals surface area contributed by atoms with E-state index in [2.05, 4.69) is 15.5 Å². The Labute approximate surface area is 290 Å². The second-order valence-corrected chi connectivity index (χ2v) is 15.8. The van der Waals surface area contributed by atoms with E-state index in [9.17, 15) is 33.1 Å². The van der Waals surface area contributed by atoms with Crippen molar-refractivity contribution in [2.75, 3.05) is 13.1 Å². The first-order valence-electron chi connectivity index (χ1n) is 16.0. The van der Waals surface area contributed by atoms with Crippen molar-refractivity contribution in [3.8, 4) is 5.88 Å². The third-order valence-electron chi connectivity index (χ3n) is 8.03. The van der Waals surface area contributed by atoms with E-state index in [1.165, 1.54) is 50.7 Å². The van der Waals surface area contributed by atoms with Gasteiger partial charge >= 0.3 is 5.69 Å². The minimum atomic E-state index is -4.09. The highest BCUT2D eigenvalue weighted by molar-refractivity contribution is 7.89. The molecule has 49 heavy (non-hydrogen) atoms. The number of carbonyl (C=O) groups excluding carboxylic acids is 1. The molecule has 0 aliphatic rings. The molecule has 0 bridgehead atoms. The molecule has 2 aromatic heterocycles. The van der Waals surface area contributed by atoms with Crippen molar-refractivity contribution >= 4 is 27.3 Å². The summed E-state index contributed by atoms with van der Waals surface area (Å²) in [4.78, 5) is 42.6. The van der Waals surface area contributed by atoms with Gasteiger partial charge in [-0.15, -0.1) is 11.3 Å². The molecule has 0 fully saturated rings. The zero-order valence-electron chi connectivity index (χ0n) is 28.3. The maximum absolute atomic E-state index is 14.0. The van der Waals surface area contributed by atoms with Gasteiger partial charge in [0.1, 0.15) is 12.6 Å². The number of carbonyl (C=O) groups is 1. The smallest absolute Gasteiger partial charge is 0.332 e. The van der Waals surface area contributed by atoms with E-state index in [1.807, 2.05) is 51.1 Å². The molecule has 0 spiro atoms. The van der Waals surface area contributed by atoms with Crippen LogP contribution in [-0.4, -0.2) is 68.2 Å². The van der Waals surface area contributed by atoms with E-state index in [-0.39, 0.29) is 49.3 Å². The normalized spacial score (nSPS) is 13.9. The largest absolute Gasteiger partial charge is 0.493 e. The topological polar surface area (TPSA) is 176 Å². The Morgan fingerprint density at radius 3 is 2.29 bits per heavy atom. The van der Waals surface area contributed by atoms with Gasteiger partial charge in [0.05, 0.1) is 40.5 Å². The highest BCUT2D eigenvalue weighted by Crippen LogP contribution is 2.23. The number of amides is 1. The van der Waals surface area contributed by atoms with Crippen molar-refractivity contribution < 1.29 is 23.4 Å². The number of sulfonamides is 1. The van der Waals surface area contributed by atoms with Crippen molar-refractivity contribution in [2.24, 2.45) is 17.0 Å². The number of hydrogen-bond donors (Lipinski definition) is 3. The van der Waals surface area contributed by atoms with Crippen LogP contribution in [0.3, 0.4) is 0 Å². The molecule has 15 heteroatoms. The molecule has 2 aromatic carbocycles. The van der Waals surface area contributed by atoms with E-state index in [0.29, 0.717) is 11.3 Å². The minimum absolute atomic E-state index is 0.00461. The number of aryl methyl sites for hydroxylation is 1. The van der Waals surface area contributed by atoms with E-state index in [1.54, 1.807) is 19.2 Å². The minimum Gasteiger partial charge on any atom is -0.493 e. The molecular weight excluding hydrogens is 669 g/mol. The van der Waals surface area contributed by atoms with Crippen molar-refractivity contribution in [1.29, 1.82) is 0 Å². The van der Waals surface area contributed by atoms with E-state index in [4.69, 9.17) is 0 Å². The second-order valence-electron chi connectivity index (χ2n) is 12.8. The summed E-state index contributed by atoms with van der Waals surface area (Å²) in [5, 5.41) is 30.8. The summed E-state index contributed by atoms with van der Waals surface area (Å²) in [6, 6.07) is 13.0. The third kappa shape index (κ3) is 9.50. The molecule has 4 aromatic rings. The highest BCUT2D eigenvalue weighted by Gasteiger charge is 2.34. The number of nitrogens with zero attached hydrogens (tertiary/aromatic N) is 5. The molecule has 2 heterocycles. The molecule has 0 saturated carbocycles. The van der Waals surface area contributed by atoms with Crippen LogP contribution < -0.4 is 11.0 Å². The molecule has 264 valence electrons. The number of aliphatic hydroxyl groups excluding tert-OH is 1. The summed E-state index contributed by atoms with van der Waals surface area (Å²) in [5.41, 5.74) is 1.37. The Balaban J connectivity index is 1.64. The number of thiazole rings is 1. The van der Waals surface area contributed by atoms with Crippen molar-refractivity contribution in [3.63, 3.8) is 0 Å². The van der Waals surface area contributed by atoms with Gasteiger partial charge in [0, 0.05) is 18.5 Å². The third-order valence-corrected chi connectivity index (χ3v) is 10.7. The van der Waals surface area contributed by atoms with Crippen LogP contribution in [0, 0.1) is 23.7 Å². The molecule has 0 unspecified atom stereocenters. The molecule has 13 nitrogen and oxygen atoms in total. The lowest BCUT2D eigenvalue weighted by atomic mass is 9.98. The lowest BCUT2D eigenvalue weighted by molar-refractivity contribution is -0.127. The van der Waals surface area contributed by atoms with Crippen LogP contribution >= 0.6 is 11.3 Å². The van der Waals surface area contributed by atoms with Gasteiger partial charge in [-0.2, -0.15) is 9.21 Å². The van der Waals surface area contributed by atoms with Gasteiger partial charge in [0.25, 0.3) is 0 Å². The lowest BCUT2D eigenvalue weighted by Gasteiger charge is -2.32. The van der Waals surface area contributed by atoms with Crippen molar-refractivity contribution in [3.05, 3.63) is 103 Å². The van der Waals surface area contributed by atoms with Gasteiger partial charge < -0.3 is 15.5 Å². The quantitative estimate of drug-likeness (QED) is 0.137. The molecule has 0 aliphatic carbocycles. The number of imidazole rings is 1. The van der Waals surface area contributed by atoms with Gasteiger partial charge in [-0.1, -0.05) is 75.3 Å². The zero-order chi connectivity index (χ0) is 35.9. The number of aromatic hydroxyl groups is 1. The predicted octanol–water partition coefficient (Wildman–Crippen LogP) is 4.07. The average molecular weight is 713 g/mol. The van der Waals surface area contributed by atoms with E-state index >= 15 is 0 Å². The SMILES string of the molecule is Cc1nc(Cn2c(O)cn([C@H](C(=O)N[C@@H](Cc3ccccc3)[C@H](O)CN(CC(C)C)S(=O)(=O)c3ccc(CN=O)cc3)C(C)C)c2=O)cs1. The van der Waals surface area contributed by atoms with Crippen LogP contribution in [0.4, 0.5) is 0 Å². The Hall–Kier alpha value is -4.18. The van der Waals surface area contributed by atoms with Gasteiger partial charge in [0.2, 0.25) is 21.8 Å². The maximum atomic E-state index is 14.0. The standard InChI is InChI=1S/C34H44N6O7S2/c1-22(2)17-38(49(46,47)28-13-11-26(12-14-28)16-35-45)19-30(41)29(15-25-9-7-6-8-10-25)37-33(43)32(23(3)4)40-20-31(42)39(34(40)44)18-27-21-48-24(5)36-27/h6-14,20-23,29-30,32,41-42H,15-19H2,1-5H3,(H,37,43)/t29-,30+,32-/m0/s1. The Bertz CT molecular complexity index is 1870. The molecule has 3 N–H and O–H groups in total. The Morgan fingerprint density at radius 1 is 1.04 bits per heavy atom. The number of benzene rings is 2. The van der Waals surface area contributed by atoms with Gasteiger partial charge in [-0.3, -0.25) is 13.9 Å². The number of aromatic nitrogens is 3. The number of aliphatic hydroxyl groups is 1. The van der Waals surface area contributed by atoms with Crippen LogP contribution in [0.1, 0.15) is 55.6 Å². The lowest BCUT2D eigenvalue weighted by Crippen LogP contribution is -2.53. The zero-order valence-corrected chi connectivity index (χ0v) is 29.9. The van der Waals surface area contributed by atoms with Crippen LogP contribution in [0.5, 0.6) is 5.88 Å². The molecular formula is C34H44N6O7S2. The molecule has 0 aliphatic heterocycles. The first-order valence-corrected chi connectivity index (χ1v) is 18.3. The molecule has 3 atom stereocenters. The summed E-state index contributed by atoms with van der Waals surface area (Å²) in [5.74, 6) is -1.39. The number of hydrogen-bond acceptors (Lipinski definition) is 10. The van der Waals surface area contributed by atoms with E-state index < -0.39 is 45.7 Å². The molecule has 4 rings (SSSR count). The fourth-order valence-electron chi connectivity index (χ4n) is 5.65. The Kier molecular flexibility index (Phi) is 12.7. The fraction of sp³-hybridized carbons (Fsp3) is 0.441. The van der Waals surface area contributed by atoms with Crippen LogP contribution in [0.2, 0.25) is 0 Å². The average Bonchev–Trinajstić information content (AvgIpc) is 3.58. The summed E-state index contributed by atoms with van der Waals surface area (Å²) in [7, 11) is -4.09. The first-order chi connectivity index (χ1) is 23.2. The van der Waals surface area contributed by atoms with Crippen molar-refractivity contribution in [2.45, 2.75) is 77.2 Å². The number of nitroso groups, excluding NO2 is 1. The van der Waals surface area contributed by atoms with Crippen LogP contribution in [0.25, 0.3) is 0 Å². The fourth-order valence-corrected chi connectivity index (χ4v) is 7.88. The van der Waals surface area contributed by atoms with Crippen molar-refractivity contribution in [1.82, 2.24) is 23.7 Å². The molecule has 0 radical (unpaired) electrons. The molecule has 1 amide bonds. The monoisotopic (exact) mass is 712 g/mol. The highest BCUT2D eigenvalue weighted by atomic mass is 32.2. The summed E-state index contributed by atoms with van der Waals surface area (Å²) in [6.45, 7) is 8.80. The summed E-state index contributed by atoms with van der Waals surface area (Å²) >= 11 is 1.42. The maximum Gasteiger partial charge on any atom is 0.332 e. The van der Waals surface area contributed by atoms with Gasteiger partial charge in [-0.05, 0) is 48.4 Å². The number of nitrogens with one attached hydrogen (secondary N) is 1. The summed E-state index contributed by atoms with van der Waals surface area (Å²) in [6.07, 6.45) is 0.0416. The van der Waals surface area contributed by atoms with Gasteiger partial charge in [0.15, 0.2) is 0 Å². The van der Waals surface area contributed by atoms with Crippen LogP contribution in [-0.2, 0) is 34.3 Å². The second kappa shape index (κ2) is 16.5. The summed E-state index contributed by atoms with van der Waals surface area (Å²) < 4.78 is 31.2. The Morgan fingerprint density at radius 2 is 1.71 bits per heavy atom. The predicted molar refractivity (Wildman–Crippen MR) is 188 cm³/mol. The molecule has 0 saturated heterocycles. The van der Waals surface area contributed by atoms with E-state index in [0.717, 1.165) is 15.1 Å². The first kappa shape index (κ1) is 37.6. The number of rotatable bonds is 17. The van der Waals surface area contributed by atoms with Gasteiger partial charge in [-0.25, -0.2) is 18.2 Å².